The molecule has 3 rings (SSSR count). The number of aromatic nitrogens is 2. The number of nitrogens with zero attached hydrogens (tertiary/aromatic N) is 2. The molecular formula is C13H13N3O3S. The van der Waals surface area contributed by atoms with Gasteiger partial charge in [-0.15, -0.1) is 16.4 Å². The third kappa shape index (κ3) is 3.12. The lowest BCUT2D eigenvalue weighted by molar-refractivity contribution is -0.112. The molecule has 104 valence electrons. The van der Waals surface area contributed by atoms with Gasteiger partial charge in [-0.05, 0) is 30.4 Å². The number of anilines is 1. The van der Waals surface area contributed by atoms with Crippen LogP contribution in [0.25, 0.3) is 6.08 Å². The van der Waals surface area contributed by atoms with Gasteiger partial charge in [0.05, 0.1) is 0 Å². The summed E-state index contributed by atoms with van der Waals surface area (Å²) >= 11 is 1.56. The molecule has 0 aliphatic carbocycles. The highest BCUT2D eigenvalue weighted by atomic mass is 32.1. The van der Waals surface area contributed by atoms with Crippen LogP contribution in [-0.2, 0) is 9.53 Å². The third-order valence-electron chi connectivity index (χ3n) is 2.82. The summed E-state index contributed by atoms with van der Waals surface area (Å²) in [6, 6.07) is 3.95. The van der Waals surface area contributed by atoms with Gasteiger partial charge in [0, 0.05) is 17.6 Å². The van der Waals surface area contributed by atoms with Crippen molar-refractivity contribution in [1.29, 1.82) is 0 Å². The third-order valence-corrected chi connectivity index (χ3v) is 3.66. The number of hydrogen-bond donors (Lipinski definition) is 1. The Labute approximate surface area is 119 Å². The zero-order valence-electron chi connectivity index (χ0n) is 10.6. The molecule has 1 aliphatic heterocycles. The van der Waals surface area contributed by atoms with Crippen LogP contribution < -0.4 is 5.32 Å². The standard InChI is InChI=1S/C13H13N3O3S/c17-11(6-5-9-3-2-8-20-9)14-13-16-15-12(19-13)10-4-1-7-18-10/h2-3,5-6,8,10H,1,4,7H2,(H,14,16,17)/b6-5+/t10-/m1/s1. The average molecular weight is 291 g/mol. The second-order valence-electron chi connectivity index (χ2n) is 4.29. The molecule has 1 aliphatic rings. The van der Waals surface area contributed by atoms with Crippen molar-refractivity contribution < 1.29 is 13.9 Å². The predicted octanol–water partition coefficient (Wildman–Crippen LogP) is 2.63. The fourth-order valence-electron chi connectivity index (χ4n) is 1.88. The van der Waals surface area contributed by atoms with Crippen molar-refractivity contribution in [2.24, 2.45) is 0 Å². The molecule has 1 amide bonds. The zero-order chi connectivity index (χ0) is 13.8. The number of carbonyl (C=O) groups excluding carboxylic acids is 1. The van der Waals surface area contributed by atoms with E-state index in [0.717, 1.165) is 17.7 Å². The second kappa shape index (κ2) is 5.98. The smallest absolute Gasteiger partial charge is 0.322 e. The fourth-order valence-corrected chi connectivity index (χ4v) is 2.50. The molecule has 0 unspecified atom stereocenters. The molecule has 0 radical (unpaired) electrons. The first-order valence-corrected chi connectivity index (χ1v) is 7.17. The molecule has 1 saturated heterocycles. The number of nitrogens with one attached hydrogen (secondary N) is 1. The molecule has 1 N–H and O–H groups in total. The van der Waals surface area contributed by atoms with Gasteiger partial charge in [0.1, 0.15) is 6.10 Å². The lowest BCUT2D eigenvalue weighted by Gasteiger charge is -2.01. The molecule has 3 heterocycles. The van der Waals surface area contributed by atoms with Crippen LogP contribution in [0.3, 0.4) is 0 Å². The van der Waals surface area contributed by atoms with E-state index in [-0.39, 0.29) is 18.0 Å². The van der Waals surface area contributed by atoms with Crippen molar-refractivity contribution in [2.75, 3.05) is 11.9 Å². The average Bonchev–Trinajstić information content (AvgIpc) is 3.18. The van der Waals surface area contributed by atoms with E-state index in [1.807, 2.05) is 17.5 Å². The summed E-state index contributed by atoms with van der Waals surface area (Å²) in [5, 5.41) is 12.1. The summed E-state index contributed by atoms with van der Waals surface area (Å²) in [6.45, 7) is 0.707. The summed E-state index contributed by atoms with van der Waals surface area (Å²) in [5.41, 5.74) is 0. The van der Waals surface area contributed by atoms with Crippen LogP contribution in [0, 0.1) is 0 Å². The van der Waals surface area contributed by atoms with E-state index in [1.165, 1.54) is 6.08 Å². The minimum absolute atomic E-state index is 0.0938. The van der Waals surface area contributed by atoms with E-state index in [2.05, 4.69) is 15.5 Å². The van der Waals surface area contributed by atoms with Crippen molar-refractivity contribution >= 4 is 29.3 Å². The van der Waals surface area contributed by atoms with Crippen molar-refractivity contribution in [3.8, 4) is 0 Å². The van der Waals surface area contributed by atoms with E-state index < -0.39 is 0 Å². The number of carbonyl (C=O) groups is 1. The Morgan fingerprint density at radius 3 is 3.20 bits per heavy atom. The van der Waals surface area contributed by atoms with Crippen LogP contribution in [0.1, 0.15) is 29.7 Å². The van der Waals surface area contributed by atoms with Crippen LogP contribution in [0.4, 0.5) is 6.01 Å². The van der Waals surface area contributed by atoms with E-state index in [4.69, 9.17) is 9.15 Å². The number of hydrogen-bond acceptors (Lipinski definition) is 6. The quantitative estimate of drug-likeness (QED) is 0.876. The minimum Gasteiger partial charge on any atom is -0.405 e. The molecule has 2 aromatic heterocycles. The van der Waals surface area contributed by atoms with Gasteiger partial charge in [0.15, 0.2) is 0 Å². The molecule has 7 heteroatoms. The topological polar surface area (TPSA) is 77.2 Å². The van der Waals surface area contributed by atoms with Crippen molar-refractivity contribution in [3.63, 3.8) is 0 Å². The predicted molar refractivity (Wildman–Crippen MR) is 74.2 cm³/mol. The highest BCUT2D eigenvalue weighted by Crippen LogP contribution is 2.28. The van der Waals surface area contributed by atoms with Crippen molar-refractivity contribution in [2.45, 2.75) is 18.9 Å². The first kappa shape index (κ1) is 13.0. The lowest BCUT2D eigenvalue weighted by Crippen LogP contribution is -2.07. The molecule has 1 fully saturated rings. The van der Waals surface area contributed by atoms with Gasteiger partial charge in [-0.25, -0.2) is 0 Å². The van der Waals surface area contributed by atoms with Crippen LogP contribution in [0.15, 0.2) is 28.0 Å². The first-order valence-electron chi connectivity index (χ1n) is 6.29. The van der Waals surface area contributed by atoms with Gasteiger partial charge in [-0.3, -0.25) is 10.1 Å². The molecule has 0 spiro atoms. The summed E-state index contributed by atoms with van der Waals surface area (Å²) in [5.74, 6) is 0.112. The molecule has 0 saturated carbocycles. The Bertz CT molecular complexity index is 600. The maximum absolute atomic E-state index is 11.7. The molecule has 20 heavy (non-hydrogen) atoms. The summed E-state index contributed by atoms with van der Waals surface area (Å²) in [7, 11) is 0. The van der Waals surface area contributed by atoms with Crippen LogP contribution in [0.5, 0.6) is 0 Å². The van der Waals surface area contributed by atoms with Crippen LogP contribution in [-0.4, -0.2) is 22.7 Å². The highest BCUT2D eigenvalue weighted by Gasteiger charge is 2.23. The second-order valence-corrected chi connectivity index (χ2v) is 5.26. The van der Waals surface area contributed by atoms with Gasteiger partial charge in [-0.1, -0.05) is 11.2 Å². The van der Waals surface area contributed by atoms with E-state index in [0.29, 0.717) is 12.5 Å². The first-order chi connectivity index (χ1) is 9.81. The lowest BCUT2D eigenvalue weighted by atomic mass is 10.2. The molecule has 0 bridgehead atoms. The van der Waals surface area contributed by atoms with Gasteiger partial charge < -0.3 is 9.15 Å². The maximum Gasteiger partial charge on any atom is 0.322 e. The molecule has 6 nitrogen and oxygen atoms in total. The van der Waals surface area contributed by atoms with Gasteiger partial charge >= 0.3 is 6.01 Å². The van der Waals surface area contributed by atoms with Crippen molar-refractivity contribution in [3.05, 3.63) is 34.4 Å². The highest BCUT2D eigenvalue weighted by molar-refractivity contribution is 7.10. The summed E-state index contributed by atoms with van der Waals surface area (Å²) in [6.07, 6.45) is 4.88. The Morgan fingerprint density at radius 1 is 1.50 bits per heavy atom. The van der Waals surface area contributed by atoms with Gasteiger partial charge in [-0.2, -0.15) is 0 Å². The minimum atomic E-state index is -0.305. The van der Waals surface area contributed by atoms with Crippen LogP contribution >= 0.6 is 11.3 Å². The Hall–Kier alpha value is -1.99. The van der Waals surface area contributed by atoms with Gasteiger partial charge in [0.2, 0.25) is 5.89 Å². The number of amides is 1. The maximum atomic E-state index is 11.7. The zero-order valence-corrected chi connectivity index (χ0v) is 11.4. The number of rotatable bonds is 4. The van der Waals surface area contributed by atoms with Crippen LogP contribution in [0.2, 0.25) is 0 Å². The Balaban J connectivity index is 1.58. The van der Waals surface area contributed by atoms with Gasteiger partial charge in [0.25, 0.3) is 5.91 Å². The fraction of sp³-hybridized carbons (Fsp3) is 0.308. The molecule has 2 aromatic rings. The molecule has 0 aromatic carbocycles. The normalized spacial score (nSPS) is 18.7. The molecule has 1 atom stereocenters. The molecular weight excluding hydrogens is 278 g/mol. The summed E-state index contributed by atoms with van der Waals surface area (Å²) in [4.78, 5) is 12.7. The largest absolute Gasteiger partial charge is 0.405 e. The monoisotopic (exact) mass is 291 g/mol. The van der Waals surface area contributed by atoms with Crippen molar-refractivity contribution in [1.82, 2.24) is 10.2 Å². The number of thiophene rings is 1. The van der Waals surface area contributed by atoms with E-state index >= 15 is 0 Å². The summed E-state index contributed by atoms with van der Waals surface area (Å²) < 4.78 is 10.8. The Kier molecular flexibility index (Phi) is 3.89. The Morgan fingerprint density at radius 2 is 2.45 bits per heavy atom. The number of ether oxygens (including phenoxy) is 1. The van der Waals surface area contributed by atoms with E-state index in [1.54, 1.807) is 17.4 Å². The van der Waals surface area contributed by atoms with E-state index in [9.17, 15) is 4.79 Å². The SMILES string of the molecule is O=C(/C=C/c1cccs1)Nc1nnc([C@H]2CCCO2)o1.